The maximum Gasteiger partial charge on any atom is 0.192 e. The second kappa shape index (κ2) is 5.05. The first-order valence-electron chi connectivity index (χ1n) is 6.56. The van der Waals surface area contributed by atoms with Crippen LogP contribution in [0.5, 0.6) is 0 Å². The molecule has 0 N–H and O–H groups in total. The first kappa shape index (κ1) is 14.0. The fourth-order valence-corrected chi connectivity index (χ4v) is 3.15. The molecule has 94 valence electrons. The normalized spacial score (nSPS) is 25.6. The molecular formula is C14H28OSi. The maximum absolute atomic E-state index is 6.37. The number of hydrogen-bond donors (Lipinski definition) is 0. The molecule has 16 heavy (non-hydrogen) atoms. The van der Waals surface area contributed by atoms with Crippen LogP contribution in [0.15, 0.2) is 12.7 Å². The van der Waals surface area contributed by atoms with Gasteiger partial charge in [-0.25, -0.2) is 0 Å². The van der Waals surface area contributed by atoms with E-state index in [-0.39, 0.29) is 0 Å². The Morgan fingerprint density at radius 2 is 2.00 bits per heavy atom. The highest BCUT2D eigenvalue weighted by atomic mass is 28.4. The van der Waals surface area contributed by atoms with Gasteiger partial charge in [-0.2, -0.15) is 0 Å². The summed E-state index contributed by atoms with van der Waals surface area (Å²) in [6, 6.07) is 0. The van der Waals surface area contributed by atoms with Crippen LogP contribution in [-0.2, 0) is 4.43 Å². The zero-order valence-corrected chi connectivity index (χ0v) is 12.7. The van der Waals surface area contributed by atoms with Crippen LogP contribution < -0.4 is 0 Å². The minimum absolute atomic E-state index is 0.348. The van der Waals surface area contributed by atoms with E-state index in [4.69, 9.17) is 4.43 Å². The van der Waals surface area contributed by atoms with E-state index in [1.807, 2.05) is 6.08 Å². The molecule has 2 heteroatoms. The van der Waals surface area contributed by atoms with Gasteiger partial charge in [0.15, 0.2) is 8.32 Å². The third-order valence-electron chi connectivity index (χ3n) is 4.09. The van der Waals surface area contributed by atoms with Crippen molar-refractivity contribution in [1.29, 1.82) is 0 Å². The van der Waals surface area contributed by atoms with Crippen molar-refractivity contribution >= 4 is 8.32 Å². The van der Waals surface area contributed by atoms with Crippen LogP contribution in [0.25, 0.3) is 0 Å². The summed E-state index contributed by atoms with van der Waals surface area (Å²) in [5.41, 5.74) is 0. The van der Waals surface area contributed by atoms with Crippen molar-refractivity contribution in [3.8, 4) is 0 Å². The molecule has 0 aromatic carbocycles. The van der Waals surface area contributed by atoms with Crippen molar-refractivity contribution in [2.24, 2.45) is 5.92 Å². The minimum Gasteiger partial charge on any atom is -0.414 e. The molecule has 1 aliphatic rings. The molecule has 0 aromatic heterocycles. The second-order valence-corrected chi connectivity index (χ2v) is 11.4. The molecule has 0 amide bonds. The van der Waals surface area contributed by atoms with E-state index in [1.54, 1.807) is 0 Å². The van der Waals surface area contributed by atoms with E-state index >= 15 is 0 Å². The smallest absolute Gasteiger partial charge is 0.192 e. The lowest BCUT2D eigenvalue weighted by Crippen LogP contribution is -2.41. The third-order valence-corrected chi connectivity index (χ3v) is 8.60. The topological polar surface area (TPSA) is 9.23 Å². The molecule has 0 radical (unpaired) electrons. The van der Waals surface area contributed by atoms with E-state index in [9.17, 15) is 0 Å². The standard InChI is InChI=1S/C14H28OSi/c1-7-8-9-10-12-11-13(12)15-16(5,6)14(2,3)4/h7,12-13H,1,8-11H2,2-6H3/t12-,13-/m1/s1. The van der Waals surface area contributed by atoms with Gasteiger partial charge in [-0.15, -0.1) is 6.58 Å². The first-order chi connectivity index (χ1) is 7.28. The van der Waals surface area contributed by atoms with Crippen LogP contribution in [0.1, 0.15) is 46.5 Å². The third kappa shape index (κ3) is 3.74. The zero-order chi connectivity index (χ0) is 12.4. The van der Waals surface area contributed by atoms with Crippen LogP contribution in [-0.4, -0.2) is 14.4 Å². The Morgan fingerprint density at radius 3 is 2.50 bits per heavy atom. The van der Waals surface area contributed by atoms with Gasteiger partial charge in [0.1, 0.15) is 0 Å². The van der Waals surface area contributed by atoms with E-state index < -0.39 is 8.32 Å². The molecule has 0 saturated heterocycles. The summed E-state index contributed by atoms with van der Waals surface area (Å²) < 4.78 is 6.37. The van der Waals surface area contributed by atoms with Gasteiger partial charge in [0.2, 0.25) is 0 Å². The van der Waals surface area contributed by atoms with Crippen molar-refractivity contribution in [3.63, 3.8) is 0 Å². The molecule has 1 rings (SSSR count). The quantitative estimate of drug-likeness (QED) is 0.370. The molecule has 0 unspecified atom stereocenters. The summed E-state index contributed by atoms with van der Waals surface area (Å²) in [7, 11) is -1.51. The SMILES string of the molecule is C=CCCC[C@@H]1C[C@H]1O[Si](C)(C)C(C)(C)C. The predicted octanol–water partition coefficient (Wildman–Crippen LogP) is 4.75. The Balaban J connectivity index is 2.28. The van der Waals surface area contributed by atoms with Gasteiger partial charge >= 0.3 is 0 Å². The van der Waals surface area contributed by atoms with Crippen molar-refractivity contribution in [2.45, 2.75) is 70.7 Å². The summed E-state index contributed by atoms with van der Waals surface area (Å²) in [5.74, 6) is 0.842. The number of unbranched alkanes of at least 4 members (excludes halogenated alkanes) is 1. The molecule has 0 spiro atoms. The fourth-order valence-electron chi connectivity index (χ4n) is 1.75. The van der Waals surface area contributed by atoms with Gasteiger partial charge in [0.25, 0.3) is 0 Å². The highest BCUT2D eigenvalue weighted by Gasteiger charge is 2.46. The molecule has 1 nitrogen and oxygen atoms in total. The molecule has 0 bridgehead atoms. The highest BCUT2D eigenvalue weighted by Crippen LogP contribution is 2.45. The van der Waals surface area contributed by atoms with Gasteiger partial charge in [-0.3, -0.25) is 0 Å². The molecule has 0 aliphatic heterocycles. The zero-order valence-electron chi connectivity index (χ0n) is 11.7. The van der Waals surface area contributed by atoms with Gasteiger partial charge in [0.05, 0.1) is 0 Å². The lowest BCUT2D eigenvalue weighted by Gasteiger charge is -2.36. The fraction of sp³-hybridized carbons (Fsp3) is 0.857. The predicted molar refractivity (Wildman–Crippen MR) is 74.2 cm³/mol. The van der Waals surface area contributed by atoms with Crippen molar-refractivity contribution < 1.29 is 4.43 Å². The first-order valence-corrected chi connectivity index (χ1v) is 9.47. The second-order valence-electron chi connectivity index (χ2n) is 6.63. The Hall–Kier alpha value is -0.0831. The van der Waals surface area contributed by atoms with Gasteiger partial charge in [0, 0.05) is 6.10 Å². The number of hydrogen-bond acceptors (Lipinski definition) is 1. The Morgan fingerprint density at radius 1 is 1.38 bits per heavy atom. The van der Waals surface area contributed by atoms with Crippen LogP contribution in [0.3, 0.4) is 0 Å². The van der Waals surface area contributed by atoms with Crippen LogP contribution >= 0.6 is 0 Å². The molecule has 0 aromatic rings. The monoisotopic (exact) mass is 240 g/mol. The minimum atomic E-state index is -1.51. The Kier molecular flexibility index (Phi) is 4.41. The molecule has 0 heterocycles. The summed E-state index contributed by atoms with van der Waals surface area (Å²) in [4.78, 5) is 0. The number of allylic oxidation sites excluding steroid dienone is 1. The number of rotatable bonds is 6. The lowest BCUT2D eigenvalue weighted by atomic mass is 10.2. The maximum atomic E-state index is 6.37. The van der Waals surface area contributed by atoms with Crippen molar-refractivity contribution in [3.05, 3.63) is 12.7 Å². The molecular weight excluding hydrogens is 212 g/mol. The Bertz CT molecular complexity index is 240. The van der Waals surface area contributed by atoms with Crippen molar-refractivity contribution in [2.75, 3.05) is 0 Å². The van der Waals surface area contributed by atoms with Gasteiger partial charge in [-0.1, -0.05) is 26.8 Å². The average molecular weight is 240 g/mol. The van der Waals surface area contributed by atoms with E-state index in [0.29, 0.717) is 11.1 Å². The van der Waals surface area contributed by atoms with Crippen LogP contribution in [0.2, 0.25) is 18.1 Å². The molecule has 1 saturated carbocycles. The molecule has 1 aliphatic carbocycles. The summed E-state index contributed by atoms with van der Waals surface area (Å²) in [5, 5.41) is 0.348. The molecule has 1 fully saturated rings. The summed E-state index contributed by atoms with van der Waals surface area (Å²) >= 11 is 0. The van der Waals surface area contributed by atoms with Crippen molar-refractivity contribution in [1.82, 2.24) is 0 Å². The Labute approximate surface area is 102 Å². The van der Waals surface area contributed by atoms with E-state index in [0.717, 1.165) is 12.3 Å². The van der Waals surface area contributed by atoms with E-state index in [1.165, 1.54) is 19.3 Å². The van der Waals surface area contributed by atoms with Gasteiger partial charge < -0.3 is 4.43 Å². The van der Waals surface area contributed by atoms with Crippen LogP contribution in [0.4, 0.5) is 0 Å². The van der Waals surface area contributed by atoms with Crippen LogP contribution in [0, 0.1) is 5.92 Å². The lowest BCUT2D eigenvalue weighted by molar-refractivity contribution is 0.254. The highest BCUT2D eigenvalue weighted by molar-refractivity contribution is 6.74. The summed E-state index contributed by atoms with van der Waals surface area (Å²) in [6.07, 6.45) is 7.65. The average Bonchev–Trinajstić information content (AvgIpc) is 2.81. The summed E-state index contributed by atoms with van der Waals surface area (Å²) in [6.45, 7) is 15.4. The largest absolute Gasteiger partial charge is 0.414 e. The van der Waals surface area contributed by atoms with Gasteiger partial charge in [-0.05, 0) is 49.7 Å². The molecule has 2 atom stereocenters. The van der Waals surface area contributed by atoms with E-state index in [2.05, 4.69) is 40.4 Å².